The second-order valence-corrected chi connectivity index (χ2v) is 21.5. The third-order valence-corrected chi connectivity index (χ3v) is 15.7. The van der Waals surface area contributed by atoms with E-state index in [0.717, 1.165) is 4.90 Å². The number of aromatic hydroxyl groups is 2. The molecular formula is C57H66N6O18. The molecule has 2 aliphatic carbocycles. The van der Waals surface area contributed by atoms with E-state index in [-0.39, 0.29) is 89.7 Å². The minimum Gasteiger partial charge on any atom is -0.507 e. The molecule has 9 rings (SSSR count). The van der Waals surface area contributed by atoms with Crippen molar-refractivity contribution >= 4 is 64.4 Å². The Morgan fingerprint density at radius 2 is 1.57 bits per heavy atom. The number of methoxy groups -OCH3 is 1. The minimum atomic E-state index is -2.11. The van der Waals surface area contributed by atoms with Crippen LogP contribution >= 0.6 is 0 Å². The quantitative estimate of drug-likeness (QED) is 0.0401. The lowest BCUT2D eigenvalue weighted by molar-refractivity contribution is -0.256. The summed E-state index contributed by atoms with van der Waals surface area (Å²) in [6.07, 6.45) is -1.97. The maximum absolute atomic E-state index is 14.7. The Morgan fingerprint density at radius 3 is 2.26 bits per heavy atom. The molecule has 0 aromatic heterocycles. The van der Waals surface area contributed by atoms with Crippen molar-refractivity contribution in [1.29, 1.82) is 0 Å². The molecule has 0 radical (unpaired) electrons. The summed E-state index contributed by atoms with van der Waals surface area (Å²) in [5, 5.41) is 46.5. The van der Waals surface area contributed by atoms with E-state index in [9.17, 15) is 58.5 Å². The maximum atomic E-state index is 14.7. The van der Waals surface area contributed by atoms with Crippen LogP contribution in [0.4, 0.5) is 16.2 Å². The number of aliphatic hydroxyl groups is 1. The van der Waals surface area contributed by atoms with Gasteiger partial charge in [0.25, 0.3) is 11.8 Å². The van der Waals surface area contributed by atoms with Crippen LogP contribution in [0.15, 0.2) is 54.6 Å². The highest BCUT2D eigenvalue weighted by Gasteiger charge is 2.55. The number of phenols is 2. The lowest BCUT2D eigenvalue weighted by atomic mass is 9.72. The van der Waals surface area contributed by atoms with Crippen LogP contribution in [0, 0.1) is 5.92 Å². The lowest BCUT2D eigenvalue weighted by Gasteiger charge is -2.43. The molecular weight excluding hydrogens is 1060 g/mol. The number of amides is 6. The van der Waals surface area contributed by atoms with Gasteiger partial charge in [0, 0.05) is 86.5 Å². The van der Waals surface area contributed by atoms with Crippen LogP contribution in [0.25, 0.3) is 0 Å². The fraction of sp³-hybridized carbons (Fsp3) is 0.491. The number of rotatable bonds is 19. The highest BCUT2D eigenvalue weighted by atomic mass is 16.7. The number of nitrogens with one attached hydrogen (secondary N) is 4. The van der Waals surface area contributed by atoms with Gasteiger partial charge in [0.2, 0.25) is 17.7 Å². The Labute approximate surface area is 465 Å². The normalized spacial score (nSPS) is 25.5. The summed E-state index contributed by atoms with van der Waals surface area (Å²) in [6, 6.07) is 8.13. The molecule has 24 nitrogen and oxygen atoms in total. The average Bonchev–Trinajstić information content (AvgIpc) is 4.14. The van der Waals surface area contributed by atoms with E-state index in [1.807, 2.05) is 6.92 Å². The molecule has 6 aliphatic rings. The molecule has 4 heterocycles. The van der Waals surface area contributed by atoms with Crippen LogP contribution in [0.2, 0.25) is 0 Å². The van der Waals surface area contributed by atoms with Crippen LogP contribution in [0.5, 0.6) is 11.5 Å². The number of carbonyl (C=O) groups excluding carboxylic acids is 9. The third-order valence-electron chi connectivity index (χ3n) is 15.7. The van der Waals surface area contributed by atoms with Gasteiger partial charge in [-0.05, 0) is 63.3 Å². The SMILES string of the molecule is CO[C@H]1OCCN2[C@@H]1O[C@@H]1[C@H](C)O[C@@H](O[C@H]3C[C@](O)(C(C)=O)Cc4c(O)c5c(c(O)c43)C(=O)c3c(NC(=O)OCc4ccc(NC(=O)[C@H](C)NC(=O)[C@@H](NC(=O)CCCCCN6C(=O)C=CC6=O)C(C)C)cc4)cccc3C5=O)C[C@@H]12. The molecule has 3 saturated heterocycles. The van der Waals surface area contributed by atoms with Crippen LogP contribution in [0.3, 0.4) is 0 Å². The second-order valence-electron chi connectivity index (χ2n) is 21.5. The fourth-order valence-corrected chi connectivity index (χ4v) is 11.3. The molecule has 432 valence electrons. The van der Waals surface area contributed by atoms with Crippen molar-refractivity contribution in [3.63, 3.8) is 0 Å². The van der Waals surface area contributed by atoms with Gasteiger partial charge in [-0.2, -0.15) is 0 Å². The number of morpholine rings is 1. The number of phenolic OH excluding ortho intramolecular Hbond substituents is 2. The number of unbranched alkanes of at least 4 members (excludes halogenated alkanes) is 2. The number of carbonyl (C=O) groups is 9. The average molecular weight is 1120 g/mol. The van der Waals surface area contributed by atoms with Gasteiger partial charge < -0.3 is 59.7 Å². The molecule has 0 saturated carbocycles. The number of Topliss-reactive ketones (excluding diaryl/α,β-unsaturated/α-hetero) is 1. The van der Waals surface area contributed by atoms with Gasteiger partial charge in [-0.3, -0.25) is 53.5 Å². The van der Waals surface area contributed by atoms with Gasteiger partial charge in [0.05, 0.1) is 41.2 Å². The summed E-state index contributed by atoms with van der Waals surface area (Å²) in [4.78, 5) is 121. The second kappa shape index (κ2) is 23.9. The topological polar surface area (TPSA) is 324 Å². The summed E-state index contributed by atoms with van der Waals surface area (Å²) in [5.41, 5.74) is -3.35. The van der Waals surface area contributed by atoms with E-state index >= 15 is 0 Å². The van der Waals surface area contributed by atoms with E-state index < -0.39 is 119 Å². The van der Waals surface area contributed by atoms with Crippen molar-refractivity contribution in [3.8, 4) is 11.5 Å². The molecule has 0 spiro atoms. The summed E-state index contributed by atoms with van der Waals surface area (Å²) in [6.45, 7) is 8.86. The summed E-state index contributed by atoms with van der Waals surface area (Å²) in [5.74, 6) is -6.44. The number of hydrogen-bond acceptors (Lipinski definition) is 19. The van der Waals surface area contributed by atoms with Crippen molar-refractivity contribution in [2.75, 3.05) is 37.4 Å². The number of anilines is 2. The Balaban J connectivity index is 0.811. The number of fused-ring (bicyclic) bond motifs is 6. The fourth-order valence-electron chi connectivity index (χ4n) is 11.3. The zero-order valence-electron chi connectivity index (χ0n) is 45.6. The van der Waals surface area contributed by atoms with Crippen LogP contribution < -0.4 is 21.3 Å². The maximum Gasteiger partial charge on any atom is 0.411 e. The molecule has 0 unspecified atom stereocenters. The van der Waals surface area contributed by atoms with E-state index in [1.165, 1.54) is 51.3 Å². The highest BCUT2D eigenvalue weighted by Crippen LogP contribution is 2.53. The van der Waals surface area contributed by atoms with E-state index in [2.05, 4.69) is 26.2 Å². The number of benzene rings is 3. The summed E-state index contributed by atoms with van der Waals surface area (Å²) in [7, 11) is 1.52. The van der Waals surface area contributed by atoms with E-state index in [1.54, 1.807) is 38.1 Å². The molecule has 0 bridgehead atoms. The summed E-state index contributed by atoms with van der Waals surface area (Å²) < 4.78 is 35.9. The zero-order valence-corrected chi connectivity index (χ0v) is 45.6. The number of ketones is 3. The van der Waals surface area contributed by atoms with Crippen molar-refractivity contribution in [3.05, 3.63) is 93.6 Å². The van der Waals surface area contributed by atoms with Crippen molar-refractivity contribution in [2.45, 2.75) is 147 Å². The van der Waals surface area contributed by atoms with Crippen LogP contribution in [-0.2, 0) is 70.2 Å². The van der Waals surface area contributed by atoms with Gasteiger partial charge in [-0.15, -0.1) is 0 Å². The van der Waals surface area contributed by atoms with E-state index in [4.69, 9.17) is 28.4 Å². The predicted molar refractivity (Wildman–Crippen MR) is 283 cm³/mol. The Morgan fingerprint density at radius 1 is 0.852 bits per heavy atom. The molecule has 6 amide bonds. The van der Waals surface area contributed by atoms with Crippen LogP contribution in [0.1, 0.15) is 128 Å². The molecule has 3 aromatic rings. The molecule has 24 heteroatoms. The first-order valence-electron chi connectivity index (χ1n) is 27.0. The van der Waals surface area contributed by atoms with Crippen LogP contribution in [-0.4, -0.2) is 160 Å². The Hall–Kier alpha value is -7.45. The number of hydrogen-bond donors (Lipinski definition) is 7. The number of imide groups is 1. The van der Waals surface area contributed by atoms with Gasteiger partial charge in [-0.1, -0.05) is 44.5 Å². The predicted octanol–water partition coefficient (Wildman–Crippen LogP) is 3.55. The monoisotopic (exact) mass is 1120 g/mol. The lowest BCUT2D eigenvalue weighted by Crippen LogP contribution is -2.55. The largest absolute Gasteiger partial charge is 0.507 e. The first-order valence-corrected chi connectivity index (χ1v) is 27.0. The Kier molecular flexibility index (Phi) is 17.2. The first-order chi connectivity index (χ1) is 38.6. The van der Waals surface area contributed by atoms with E-state index in [0.29, 0.717) is 43.7 Å². The van der Waals surface area contributed by atoms with Crippen molar-refractivity contribution in [2.24, 2.45) is 5.92 Å². The number of nitrogens with zero attached hydrogens (tertiary/aromatic N) is 2. The molecule has 4 aliphatic heterocycles. The molecule has 3 aromatic carbocycles. The molecule has 3 fully saturated rings. The first kappa shape index (κ1) is 58.2. The van der Waals surface area contributed by atoms with Gasteiger partial charge in [-0.25, -0.2) is 4.79 Å². The van der Waals surface area contributed by atoms with Gasteiger partial charge >= 0.3 is 6.09 Å². The summed E-state index contributed by atoms with van der Waals surface area (Å²) >= 11 is 0. The van der Waals surface area contributed by atoms with Crippen molar-refractivity contribution in [1.82, 2.24) is 20.4 Å². The smallest absolute Gasteiger partial charge is 0.411 e. The number of ether oxygens (including phenoxy) is 6. The minimum absolute atomic E-state index is 0.116. The molecule has 81 heavy (non-hydrogen) atoms. The van der Waals surface area contributed by atoms with Crippen molar-refractivity contribution < 1.29 is 86.9 Å². The zero-order chi connectivity index (χ0) is 58.2. The highest BCUT2D eigenvalue weighted by molar-refractivity contribution is 6.32. The van der Waals surface area contributed by atoms with Gasteiger partial charge in [0.15, 0.2) is 36.2 Å². The molecule has 10 atom stereocenters. The third kappa shape index (κ3) is 11.9. The Bertz CT molecular complexity index is 3050. The van der Waals surface area contributed by atoms with Gasteiger partial charge in [0.1, 0.15) is 41.9 Å². The standard InChI is InChI=1S/C57H66N6O18/c1-27(2)46(61-38(65)13-8-7-9-20-63-39(66)18-19-40(63)67)53(73)58-28(3)52(72)59-32-16-14-31(15-17-32)26-78-56(74)60-35-12-10-11-33-42(35)49(70)45-44(47(33)68)48(69)34-24-57(75,30(5)64)25-37(43(34)50(45)71)80-41-23-36-51(29(4)79-41)81-54-55(76-6)77-22-21-62(36)54/h10-12,14-19,27-29,36-37,41,46,51,54-55,69,71,75H,7-9,13,20-26H2,1-6H3,(H,58,73)(H,59,72)(H,60,74)(H,61,65)/t28-,29-,36-,37-,41-,46-,51+,54+,55-,57-/m0/s1. The molecule has 7 N–H and O–H groups in total.